The highest BCUT2D eigenvalue weighted by atomic mass is 32.2. The molecule has 0 aliphatic heterocycles. The van der Waals surface area contributed by atoms with Crippen molar-refractivity contribution in [2.45, 2.75) is 50.7 Å². The summed E-state index contributed by atoms with van der Waals surface area (Å²) in [5, 5.41) is 2.58. The first-order chi connectivity index (χ1) is 9.78. The van der Waals surface area contributed by atoms with Gasteiger partial charge >= 0.3 is 0 Å². The van der Waals surface area contributed by atoms with E-state index in [1.54, 1.807) is 0 Å². The van der Waals surface area contributed by atoms with Crippen LogP contribution in [-0.4, -0.2) is 38.8 Å². The topological polar surface area (TPSA) is 79.6 Å². The first-order valence-corrected chi connectivity index (χ1v) is 8.56. The van der Waals surface area contributed by atoms with E-state index in [0.717, 1.165) is 30.0 Å². The normalized spacial score (nSPS) is 13.4. The highest BCUT2D eigenvalue weighted by molar-refractivity contribution is 7.88. The molecule has 7 heteroatoms. The van der Waals surface area contributed by atoms with Crippen molar-refractivity contribution in [3.05, 3.63) is 17.9 Å². The predicted molar refractivity (Wildman–Crippen MR) is 80.7 cm³/mol. The van der Waals surface area contributed by atoms with Gasteiger partial charge in [-0.15, -0.1) is 0 Å². The van der Waals surface area contributed by atoms with Crippen molar-refractivity contribution in [3.8, 4) is 0 Å². The fraction of sp³-hybridized carbons (Fsp3) is 0.643. The second-order valence-corrected chi connectivity index (χ2v) is 7.36. The number of nitrogens with one attached hydrogen (secondary N) is 1. The third kappa shape index (κ3) is 4.86. The molecular weight excluding hydrogens is 292 g/mol. The van der Waals surface area contributed by atoms with E-state index in [2.05, 4.69) is 12.2 Å². The Labute approximate surface area is 126 Å². The predicted octanol–water partition coefficient (Wildman–Crippen LogP) is 2.23. The number of rotatable bonds is 8. The summed E-state index contributed by atoms with van der Waals surface area (Å²) in [5.41, 5.74) is 0. The molecule has 0 saturated carbocycles. The van der Waals surface area contributed by atoms with Gasteiger partial charge in [-0.25, -0.2) is 12.7 Å². The van der Waals surface area contributed by atoms with Crippen molar-refractivity contribution >= 4 is 15.9 Å². The molecule has 6 nitrogen and oxygen atoms in total. The molecule has 0 aliphatic rings. The van der Waals surface area contributed by atoms with Crippen LogP contribution < -0.4 is 5.32 Å². The van der Waals surface area contributed by atoms with Gasteiger partial charge in [0.05, 0.1) is 0 Å². The maximum atomic E-state index is 12.0. The molecule has 1 heterocycles. The third-order valence-corrected chi connectivity index (χ3v) is 4.85. The van der Waals surface area contributed by atoms with Gasteiger partial charge in [0.2, 0.25) is 5.09 Å². The molecule has 0 radical (unpaired) electrons. The molecule has 0 aromatic carbocycles. The number of hydrogen-bond acceptors (Lipinski definition) is 4. The maximum absolute atomic E-state index is 12.0. The molecule has 1 N–H and O–H groups in total. The van der Waals surface area contributed by atoms with Gasteiger partial charge in [0, 0.05) is 20.1 Å². The van der Waals surface area contributed by atoms with Gasteiger partial charge in [0.1, 0.15) is 0 Å². The zero-order valence-corrected chi connectivity index (χ0v) is 13.9. The van der Waals surface area contributed by atoms with Crippen LogP contribution in [0.5, 0.6) is 0 Å². The first-order valence-electron chi connectivity index (χ1n) is 7.12. The quantitative estimate of drug-likeness (QED) is 0.746. The van der Waals surface area contributed by atoms with E-state index in [1.807, 2.05) is 6.92 Å². The molecule has 0 bridgehead atoms. The summed E-state index contributed by atoms with van der Waals surface area (Å²) in [6.07, 6.45) is 4.20. The summed E-state index contributed by atoms with van der Waals surface area (Å²) in [6.45, 7) is 4.05. The monoisotopic (exact) mass is 316 g/mol. The third-order valence-electron chi connectivity index (χ3n) is 3.16. The summed E-state index contributed by atoms with van der Waals surface area (Å²) < 4.78 is 29.9. The number of carbonyl (C=O) groups is 1. The Morgan fingerprint density at radius 2 is 2.00 bits per heavy atom. The van der Waals surface area contributed by atoms with Crippen molar-refractivity contribution in [1.82, 2.24) is 9.62 Å². The molecule has 1 unspecified atom stereocenters. The second kappa shape index (κ2) is 7.61. The van der Waals surface area contributed by atoms with Gasteiger partial charge in [-0.05, 0) is 25.5 Å². The van der Waals surface area contributed by atoms with E-state index in [0.29, 0.717) is 0 Å². The minimum absolute atomic E-state index is 0.0118. The number of carbonyl (C=O) groups excluding carboxylic acids is 1. The van der Waals surface area contributed by atoms with Crippen LogP contribution in [0.2, 0.25) is 0 Å². The zero-order chi connectivity index (χ0) is 16.0. The van der Waals surface area contributed by atoms with E-state index in [9.17, 15) is 13.2 Å². The van der Waals surface area contributed by atoms with Crippen LogP contribution in [0.1, 0.15) is 50.1 Å². The van der Waals surface area contributed by atoms with E-state index >= 15 is 0 Å². The first kappa shape index (κ1) is 17.7. The van der Waals surface area contributed by atoms with Crippen LogP contribution in [0, 0.1) is 0 Å². The number of nitrogens with zero attached hydrogens (tertiary/aromatic N) is 1. The summed E-state index contributed by atoms with van der Waals surface area (Å²) in [4.78, 5) is 12.0. The van der Waals surface area contributed by atoms with Gasteiger partial charge in [0.15, 0.2) is 5.76 Å². The minimum Gasteiger partial charge on any atom is -0.438 e. The lowest BCUT2D eigenvalue weighted by atomic mass is 10.1. The largest absolute Gasteiger partial charge is 0.438 e. The number of unbranched alkanes of at least 4 members (excludes halogenated alkanes) is 2. The van der Waals surface area contributed by atoms with Crippen molar-refractivity contribution < 1.29 is 17.6 Å². The molecule has 0 spiro atoms. The Morgan fingerprint density at radius 1 is 1.33 bits per heavy atom. The highest BCUT2D eigenvalue weighted by Crippen LogP contribution is 2.17. The Hall–Kier alpha value is -1.34. The number of hydrogen-bond donors (Lipinski definition) is 1. The maximum Gasteiger partial charge on any atom is 0.287 e. The van der Waals surface area contributed by atoms with Crippen LogP contribution in [0.15, 0.2) is 21.6 Å². The average Bonchev–Trinajstić information content (AvgIpc) is 2.89. The lowest BCUT2D eigenvalue weighted by molar-refractivity contribution is 0.0904. The van der Waals surface area contributed by atoms with Crippen LogP contribution in [0.25, 0.3) is 0 Å². The molecular formula is C14H24N2O4S. The molecule has 1 rings (SSSR count). The van der Waals surface area contributed by atoms with Crippen LogP contribution in [0.3, 0.4) is 0 Å². The van der Waals surface area contributed by atoms with Crippen LogP contribution in [-0.2, 0) is 10.0 Å². The Bertz CT molecular complexity index is 563. The molecule has 0 fully saturated rings. The lowest BCUT2D eigenvalue weighted by Gasteiger charge is -2.12. The second-order valence-electron chi connectivity index (χ2n) is 5.28. The molecule has 1 atom stereocenters. The standard InChI is InChI=1S/C14H24N2O4S/c1-5-6-7-8-11(2)15-14(17)12-9-10-13(20-12)21(18,19)16(3)4/h9-11H,5-8H2,1-4H3,(H,15,17). The van der Waals surface area contributed by atoms with Crippen LogP contribution >= 0.6 is 0 Å². The smallest absolute Gasteiger partial charge is 0.287 e. The van der Waals surface area contributed by atoms with Gasteiger partial charge in [-0.1, -0.05) is 26.2 Å². The molecule has 1 aromatic rings. The SMILES string of the molecule is CCCCCC(C)NC(=O)c1ccc(S(=O)(=O)N(C)C)o1. The Balaban J connectivity index is 2.67. The number of amides is 1. The summed E-state index contributed by atoms with van der Waals surface area (Å²) >= 11 is 0. The van der Waals surface area contributed by atoms with E-state index < -0.39 is 10.0 Å². The molecule has 1 amide bonds. The van der Waals surface area contributed by atoms with Gasteiger partial charge in [-0.2, -0.15) is 0 Å². The number of sulfonamides is 1. The van der Waals surface area contributed by atoms with E-state index in [4.69, 9.17) is 4.42 Å². The van der Waals surface area contributed by atoms with Crippen molar-refractivity contribution in [3.63, 3.8) is 0 Å². The summed E-state index contributed by atoms with van der Waals surface area (Å²) in [6, 6.07) is 2.71. The lowest BCUT2D eigenvalue weighted by Crippen LogP contribution is -2.32. The van der Waals surface area contributed by atoms with E-state index in [-0.39, 0.29) is 22.8 Å². The molecule has 120 valence electrons. The highest BCUT2D eigenvalue weighted by Gasteiger charge is 2.23. The Morgan fingerprint density at radius 3 is 2.57 bits per heavy atom. The van der Waals surface area contributed by atoms with E-state index in [1.165, 1.54) is 26.2 Å². The molecule has 21 heavy (non-hydrogen) atoms. The minimum atomic E-state index is -3.65. The summed E-state index contributed by atoms with van der Waals surface area (Å²) in [5.74, 6) is -0.378. The zero-order valence-electron chi connectivity index (χ0n) is 13.0. The average molecular weight is 316 g/mol. The van der Waals surface area contributed by atoms with Crippen molar-refractivity contribution in [2.75, 3.05) is 14.1 Å². The summed E-state index contributed by atoms with van der Waals surface area (Å²) in [7, 11) is -0.829. The van der Waals surface area contributed by atoms with Gasteiger partial charge in [0.25, 0.3) is 15.9 Å². The van der Waals surface area contributed by atoms with Crippen molar-refractivity contribution in [1.29, 1.82) is 0 Å². The van der Waals surface area contributed by atoms with Gasteiger partial charge in [-0.3, -0.25) is 4.79 Å². The fourth-order valence-electron chi connectivity index (χ4n) is 1.83. The number of furan rings is 1. The molecule has 1 aromatic heterocycles. The molecule has 0 aliphatic carbocycles. The fourth-order valence-corrected chi connectivity index (χ4v) is 2.62. The Kier molecular flexibility index (Phi) is 6.42. The van der Waals surface area contributed by atoms with Gasteiger partial charge < -0.3 is 9.73 Å². The van der Waals surface area contributed by atoms with Crippen molar-refractivity contribution in [2.24, 2.45) is 0 Å². The van der Waals surface area contributed by atoms with Crippen LogP contribution in [0.4, 0.5) is 0 Å². The molecule has 0 saturated heterocycles.